The van der Waals surface area contributed by atoms with Crippen molar-refractivity contribution in [2.45, 2.75) is 59.0 Å². The largest absolute Gasteiger partial charge is 0.355 e. The van der Waals surface area contributed by atoms with E-state index in [-0.39, 0.29) is 31.7 Å². The van der Waals surface area contributed by atoms with Gasteiger partial charge in [0, 0.05) is 14.2 Å². The zero-order valence-electron chi connectivity index (χ0n) is 16.6. The van der Waals surface area contributed by atoms with Crippen molar-refractivity contribution < 1.29 is 25.4 Å². The summed E-state index contributed by atoms with van der Waals surface area (Å²) in [5.41, 5.74) is 0. The van der Waals surface area contributed by atoms with Crippen LogP contribution in [0.4, 0.5) is 0 Å². The minimum absolute atomic E-state index is 0.0110. The van der Waals surface area contributed by atoms with E-state index in [0.29, 0.717) is 11.5 Å². The van der Waals surface area contributed by atoms with Crippen molar-refractivity contribution in [3.05, 3.63) is 0 Å². The number of nitrogens with zero attached hydrogens (tertiary/aromatic N) is 2. The Morgan fingerprint density at radius 1 is 1.32 bits per heavy atom. The fourth-order valence-electron chi connectivity index (χ4n) is 2.77. The molecule has 1 saturated heterocycles. The first-order valence-electron chi connectivity index (χ1n) is 9.16. The van der Waals surface area contributed by atoms with E-state index < -0.39 is 35.8 Å². The third-order valence-electron chi connectivity index (χ3n) is 3.87. The smallest absolute Gasteiger partial charge is 0.341 e. The molecule has 3 amide bonds. The summed E-state index contributed by atoms with van der Waals surface area (Å²) in [5, 5.41) is 3.14. The summed E-state index contributed by atoms with van der Waals surface area (Å²) >= 11 is 0. The van der Waals surface area contributed by atoms with Gasteiger partial charge in [-0.2, -0.15) is 0 Å². The van der Waals surface area contributed by atoms with Gasteiger partial charge in [0.1, 0.15) is 6.04 Å². The lowest BCUT2D eigenvalue weighted by Crippen LogP contribution is -2.53. The number of amides is 3. The molecule has 0 aromatic rings. The van der Waals surface area contributed by atoms with Crippen LogP contribution in [0.15, 0.2) is 0 Å². The Hall–Kier alpha value is -1.96. The monoisotopic (exact) mass is 360 g/mol. The molecule has 1 aliphatic heterocycles. The number of hydroxylamine groups is 2. The lowest BCUT2D eigenvalue weighted by molar-refractivity contribution is -0.199. The Morgan fingerprint density at radius 3 is 2.32 bits per heavy atom. The minimum atomic E-state index is -0.982. The Labute approximate surface area is 150 Å². The fraction of sp³-hybridized carbons (Fsp3) is 0.765. The van der Waals surface area contributed by atoms with Crippen LogP contribution in [0.5, 0.6) is 0 Å². The second-order valence-corrected chi connectivity index (χ2v) is 7.13. The minimum Gasteiger partial charge on any atom is -0.341 e. The van der Waals surface area contributed by atoms with Crippen molar-refractivity contribution in [2.24, 2.45) is 11.8 Å². The molecule has 1 aliphatic rings. The molecule has 8 heteroatoms. The van der Waals surface area contributed by atoms with Crippen LogP contribution >= 0.6 is 0 Å². The lowest BCUT2D eigenvalue weighted by atomic mass is 10.0. The van der Waals surface area contributed by atoms with Crippen molar-refractivity contribution in [3.8, 4) is 0 Å². The summed E-state index contributed by atoms with van der Waals surface area (Å²) in [6, 6.07) is -1.56. The normalized spacial score (nSPS) is 17.9. The van der Waals surface area contributed by atoms with Crippen LogP contribution in [-0.4, -0.2) is 59.8 Å². The number of likely N-dealkylation sites (N-methyl/N-ethyl adjacent to an activating group) is 1. The predicted molar refractivity (Wildman–Crippen MR) is 90.9 cm³/mol. The molecule has 0 aromatic heterocycles. The third kappa shape index (κ3) is 5.81. The zero-order valence-corrected chi connectivity index (χ0v) is 15.6. The topological polar surface area (TPSA) is 96.0 Å². The van der Waals surface area contributed by atoms with E-state index in [9.17, 15) is 19.2 Å². The standard InChI is InChI=1S/C17H29N3O5/c1-10(2)9-12(18-16(23)15(11(3)4)19(5)6)17(24)25-20-13(21)7-8-14(20)22/h10-12,15H,7-9H2,1-6H3,(H,18,23)/i5D,16+1,19+1,23+2. The SMILES string of the molecule is [2H]C[15N](C)C(C(C)C)[13C](=[18O])NC(CC(C)C)C(=O)ON1C(=O)CCC1=O. The molecule has 2 atom stereocenters. The van der Waals surface area contributed by atoms with Gasteiger partial charge in [-0.3, -0.25) is 19.3 Å². The maximum absolute atomic E-state index is 12.7. The van der Waals surface area contributed by atoms with Gasteiger partial charge < -0.3 is 10.2 Å². The number of hydrogen-bond donors (Lipinski definition) is 1. The predicted octanol–water partition coefficient (Wildman–Crippen LogP) is 0.711. The average molecular weight is 360 g/mol. The zero-order chi connectivity index (χ0) is 20.0. The highest BCUT2D eigenvalue weighted by Gasteiger charge is 2.36. The number of hydrogen-bond acceptors (Lipinski definition) is 6. The summed E-state index contributed by atoms with van der Waals surface area (Å²) in [6.07, 6.45) is 0.324. The molecule has 1 rings (SSSR count). The van der Waals surface area contributed by atoms with E-state index in [0.717, 1.165) is 0 Å². The molecule has 1 heterocycles. The van der Waals surface area contributed by atoms with Gasteiger partial charge in [0.25, 0.3) is 11.8 Å². The van der Waals surface area contributed by atoms with Crippen LogP contribution < -0.4 is 5.32 Å². The van der Waals surface area contributed by atoms with Crippen LogP contribution in [0.25, 0.3) is 0 Å². The summed E-state index contributed by atoms with van der Waals surface area (Å²) in [4.78, 5) is 54.9. The van der Waals surface area contributed by atoms with Gasteiger partial charge in [-0.1, -0.05) is 27.7 Å². The molecule has 0 aliphatic carbocycles. The third-order valence-corrected chi connectivity index (χ3v) is 3.87. The van der Waals surface area contributed by atoms with Crippen molar-refractivity contribution in [3.63, 3.8) is 0 Å². The molecule has 1 fully saturated rings. The van der Waals surface area contributed by atoms with Gasteiger partial charge in [0.05, 0.1) is 6.04 Å². The molecule has 0 bridgehead atoms. The Balaban J connectivity index is 2.88. The van der Waals surface area contributed by atoms with Crippen molar-refractivity contribution in [1.82, 2.24) is 15.3 Å². The quantitative estimate of drug-likeness (QED) is 0.296. The molecule has 0 aromatic carbocycles. The van der Waals surface area contributed by atoms with Crippen molar-refractivity contribution >= 4 is 23.7 Å². The number of nitrogens with one attached hydrogen (secondary N) is 1. The summed E-state index contributed by atoms with van der Waals surface area (Å²) in [5.74, 6) is -2.35. The van der Waals surface area contributed by atoms with Gasteiger partial charge in [-0.15, -0.1) is 5.06 Å². The summed E-state index contributed by atoms with van der Waals surface area (Å²) < 4.78 is 7.47. The molecule has 2 unspecified atom stereocenters. The average Bonchev–Trinajstić information content (AvgIpc) is 2.85. The highest BCUT2D eigenvalue weighted by atomic mass is 18.1. The van der Waals surface area contributed by atoms with Crippen LogP contribution in [0.2, 0.25) is 0 Å². The van der Waals surface area contributed by atoms with Crippen LogP contribution in [-0.2, 0) is 24.0 Å². The second-order valence-electron chi connectivity index (χ2n) is 7.13. The first kappa shape index (κ1) is 19.4. The summed E-state index contributed by atoms with van der Waals surface area (Å²) in [6.45, 7) is 7.48. The molecular formula is C17H29N3O5. The van der Waals surface area contributed by atoms with E-state index in [1.807, 2.05) is 27.7 Å². The maximum Gasteiger partial charge on any atom is 0.355 e. The number of imide groups is 1. The molecule has 0 radical (unpaired) electrons. The Bertz CT molecular complexity index is 537. The van der Waals surface area contributed by atoms with Gasteiger partial charge >= 0.3 is 5.97 Å². The van der Waals surface area contributed by atoms with E-state index in [1.54, 1.807) is 11.9 Å². The molecule has 0 saturated carbocycles. The van der Waals surface area contributed by atoms with Crippen molar-refractivity contribution in [1.29, 1.82) is 0 Å². The van der Waals surface area contributed by atoms with E-state index in [2.05, 4.69) is 5.32 Å². The second kappa shape index (κ2) is 8.94. The van der Waals surface area contributed by atoms with Gasteiger partial charge in [0.2, 0.25) is 5.91 Å². The number of rotatable bonds is 8. The molecule has 142 valence electrons. The Kier molecular flexibility index (Phi) is 6.92. The molecule has 1 N–H and O–H groups in total. The first-order valence-corrected chi connectivity index (χ1v) is 8.45. The number of carbonyl (C=O) groups excluding carboxylic acids is 4. The van der Waals surface area contributed by atoms with Crippen molar-refractivity contribution in [2.75, 3.05) is 14.1 Å². The fourth-order valence-corrected chi connectivity index (χ4v) is 2.77. The molecule has 25 heavy (non-hydrogen) atoms. The molecular weight excluding hydrogens is 330 g/mol. The van der Waals surface area contributed by atoms with E-state index in [1.165, 1.54) is 0 Å². The Morgan fingerprint density at radius 2 is 1.88 bits per heavy atom. The molecule has 0 spiro atoms. The van der Waals surface area contributed by atoms with Gasteiger partial charge in [-0.05, 0) is 32.3 Å². The maximum atomic E-state index is 12.7. The highest BCUT2D eigenvalue weighted by Crippen LogP contribution is 2.15. The van der Waals surface area contributed by atoms with Gasteiger partial charge in [-0.25, -0.2) is 4.79 Å². The lowest BCUT2D eigenvalue weighted by Gasteiger charge is -2.29. The highest BCUT2D eigenvalue weighted by molar-refractivity contribution is 6.02. The van der Waals surface area contributed by atoms with E-state index >= 15 is 0 Å². The van der Waals surface area contributed by atoms with E-state index in [4.69, 9.17) is 6.21 Å². The van der Waals surface area contributed by atoms with Crippen LogP contribution in [0.3, 0.4) is 0 Å². The molecule has 8 nitrogen and oxygen atoms in total. The summed E-state index contributed by atoms with van der Waals surface area (Å²) in [7, 11) is 1.60. The first-order chi connectivity index (χ1) is 12.1. The van der Waals surface area contributed by atoms with Crippen LogP contribution in [0, 0.1) is 11.8 Å². The number of carbonyl (C=O) groups is 4. The van der Waals surface area contributed by atoms with Gasteiger partial charge in [0.15, 0.2) is 0 Å². The van der Waals surface area contributed by atoms with Crippen LogP contribution in [0.1, 0.15) is 48.3 Å².